The van der Waals surface area contributed by atoms with Crippen molar-refractivity contribution in [2.45, 2.75) is 45.6 Å². The Morgan fingerprint density at radius 2 is 2.05 bits per heavy atom. The number of aromatic nitrogens is 3. The maximum absolute atomic E-state index is 4.71. The lowest BCUT2D eigenvalue weighted by Gasteiger charge is -2.29. The molecule has 1 saturated heterocycles. The summed E-state index contributed by atoms with van der Waals surface area (Å²) in [6, 6.07) is 4.54. The minimum Gasteiger partial charge on any atom is -0.382 e. The number of pyridine rings is 1. The summed E-state index contributed by atoms with van der Waals surface area (Å²) >= 11 is 0. The average molecular weight is 287 g/mol. The van der Waals surface area contributed by atoms with Crippen molar-refractivity contribution in [1.82, 2.24) is 19.5 Å². The zero-order chi connectivity index (χ0) is 14.8. The average Bonchev–Trinajstić information content (AvgIpc) is 2.90. The van der Waals surface area contributed by atoms with Gasteiger partial charge >= 0.3 is 0 Å². The van der Waals surface area contributed by atoms with Gasteiger partial charge in [0.1, 0.15) is 0 Å². The van der Waals surface area contributed by atoms with Crippen LogP contribution in [-0.2, 0) is 0 Å². The number of rotatable bonds is 4. The fourth-order valence-corrected chi connectivity index (χ4v) is 3.00. The van der Waals surface area contributed by atoms with Crippen LogP contribution in [0.15, 0.2) is 18.3 Å². The van der Waals surface area contributed by atoms with Gasteiger partial charge in [-0.15, -0.1) is 0 Å². The van der Waals surface area contributed by atoms with E-state index in [-0.39, 0.29) is 0 Å². The summed E-state index contributed by atoms with van der Waals surface area (Å²) in [7, 11) is 0. The van der Waals surface area contributed by atoms with E-state index in [1.165, 1.54) is 12.8 Å². The third-order valence-electron chi connectivity index (χ3n) is 4.20. The molecule has 114 valence electrons. The standard InChI is InChI=1S/C16H25N5/c1-4-20-9-7-13(8-10-20)16-18-15-6-5-14(17-12(2)3)11-21(15)19-16/h5-6,11-13,17H,4,7-10H2,1-3H3. The molecule has 1 fully saturated rings. The molecule has 21 heavy (non-hydrogen) atoms. The summed E-state index contributed by atoms with van der Waals surface area (Å²) in [6.45, 7) is 9.98. The molecule has 0 unspecified atom stereocenters. The molecule has 0 aliphatic carbocycles. The first kappa shape index (κ1) is 14.3. The van der Waals surface area contributed by atoms with E-state index in [0.717, 1.165) is 36.8 Å². The molecule has 2 aromatic heterocycles. The Morgan fingerprint density at radius 3 is 2.71 bits per heavy atom. The molecule has 5 heteroatoms. The molecule has 0 saturated carbocycles. The number of anilines is 1. The normalized spacial score (nSPS) is 17.7. The Morgan fingerprint density at radius 1 is 1.29 bits per heavy atom. The molecule has 2 aromatic rings. The molecule has 0 amide bonds. The number of piperidine rings is 1. The molecule has 3 heterocycles. The monoisotopic (exact) mass is 287 g/mol. The first-order valence-corrected chi connectivity index (χ1v) is 8.01. The van der Waals surface area contributed by atoms with Gasteiger partial charge in [-0.1, -0.05) is 6.92 Å². The topological polar surface area (TPSA) is 45.5 Å². The fourth-order valence-electron chi connectivity index (χ4n) is 3.00. The molecule has 0 spiro atoms. The van der Waals surface area contributed by atoms with Crippen molar-refractivity contribution in [3.8, 4) is 0 Å². The van der Waals surface area contributed by atoms with E-state index in [2.05, 4.69) is 37.1 Å². The molecule has 0 aromatic carbocycles. The van der Waals surface area contributed by atoms with Crippen LogP contribution in [0.1, 0.15) is 45.4 Å². The molecule has 0 bridgehead atoms. The van der Waals surface area contributed by atoms with E-state index in [0.29, 0.717) is 12.0 Å². The van der Waals surface area contributed by atoms with Gasteiger partial charge in [0.2, 0.25) is 0 Å². The molecular formula is C16H25N5. The van der Waals surface area contributed by atoms with E-state index in [4.69, 9.17) is 10.1 Å². The highest BCUT2D eigenvalue weighted by Gasteiger charge is 2.23. The molecule has 1 aliphatic rings. The van der Waals surface area contributed by atoms with E-state index >= 15 is 0 Å². The number of nitrogens with zero attached hydrogens (tertiary/aromatic N) is 4. The SMILES string of the molecule is CCN1CCC(c2nc3ccc(NC(C)C)cn3n2)CC1. The van der Waals surface area contributed by atoms with Gasteiger partial charge in [0.15, 0.2) is 11.5 Å². The van der Waals surface area contributed by atoms with Gasteiger partial charge in [0.05, 0.1) is 11.9 Å². The summed E-state index contributed by atoms with van der Waals surface area (Å²) in [6.07, 6.45) is 4.37. The van der Waals surface area contributed by atoms with Crippen molar-refractivity contribution in [2.75, 3.05) is 25.0 Å². The van der Waals surface area contributed by atoms with Crippen molar-refractivity contribution in [1.29, 1.82) is 0 Å². The second-order valence-corrected chi connectivity index (χ2v) is 6.20. The Bertz CT molecular complexity index is 596. The predicted molar refractivity (Wildman–Crippen MR) is 85.8 cm³/mol. The van der Waals surface area contributed by atoms with Gasteiger partial charge in [0, 0.05) is 12.0 Å². The van der Waals surface area contributed by atoms with Gasteiger partial charge in [-0.3, -0.25) is 0 Å². The summed E-state index contributed by atoms with van der Waals surface area (Å²) in [5.41, 5.74) is 2.03. The first-order valence-electron chi connectivity index (χ1n) is 8.01. The van der Waals surface area contributed by atoms with Crippen molar-refractivity contribution in [2.24, 2.45) is 0 Å². The Kier molecular flexibility index (Phi) is 4.10. The fraction of sp³-hybridized carbons (Fsp3) is 0.625. The van der Waals surface area contributed by atoms with Crippen LogP contribution in [0.3, 0.4) is 0 Å². The molecule has 0 radical (unpaired) electrons. The highest BCUT2D eigenvalue weighted by molar-refractivity contribution is 5.49. The van der Waals surface area contributed by atoms with Crippen LogP contribution in [-0.4, -0.2) is 45.2 Å². The lowest BCUT2D eigenvalue weighted by Crippen LogP contribution is -2.32. The van der Waals surface area contributed by atoms with Crippen molar-refractivity contribution >= 4 is 11.3 Å². The van der Waals surface area contributed by atoms with Gasteiger partial charge in [0.25, 0.3) is 0 Å². The second kappa shape index (κ2) is 6.02. The minimum atomic E-state index is 0.420. The Labute approximate surface area is 126 Å². The minimum absolute atomic E-state index is 0.420. The maximum Gasteiger partial charge on any atom is 0.155 e. The van der Waals surface area contributed by atoms with E-state index in [1.807, 2.05) is 16.8 Å². The molecule has 1 N–H and O–H groups in total. The molecule has 5 nitrogen and oxygen atoms in total. The number of likely N-dealkylation sites (tertiary alicyclic amines) is 1. The quantitative estimate of drug-likeness (QED) is 0.939. The van der Waals surface area contributed by atoms with Crippen LogP contribution in [0.2, 0.25) is 0 Å². The zero-order valence-corrected chi connectivity index (χ0v) is 13.2. The summed E-state index contributed by atoms with van der Waals surface area (Å²) in [5, 5.41) is 8.11. The summed E-state index contributed by atoms with van der Waals surface area (Å²) < 4.78 is 1.91. The maximum atomic E-state index is 4.71. The van der Waals surface area contributed by atoms with Crippen molar-refractivity contribution < 1.29 is 0 Å². The van der Waals surface area contributed by atoms with E-state index < -0.39 is 0 Å². The molecular weight excluding hydrogens is 262 g/mol. The van der Waals surface area contributed by atoms with Crippen LogP contribution in [0.25, 0.3) is 5.65 Å². The molecule has 3 rings (SSSR count). The molecule has 1 aliphatic heterocycles. The van der Waals surface area contributed by atoms with E-state index in [1.54, 1.807) is 0 Å². The van der Waals surface area contributed by atoms with Crippen molar-refractivity contribution in [3.63, 3.8) is 0 Å². The Balaban J connectivity index is 1.78. The zero-order valence-electron chi connectivity index (χ0n) is 13.2. The van der Waals surface area contributed by atoms with Crippen molar-refractivity contribution in [3.05, 3.63) is 24.2 Å². The number of fused-ring (bicyclic) bond motifs is 1. The lowest BCUT2D eigenvalue weighted by atomic mass is 9.96. The molecule has 0 atom stereocenters. The largest absolute Gasteiger partial charge is 0.382 e. The lowest BCUT2D eigenvalue weighted by molar-refractivity contribution is 0.219. The van der Waals surface area contributed by atoms with Crippen LogP contribution in [0, 0.1) is 0 Å². The van der Waals surface area contributed by atoms with Gasteiger partial charge in [-0.2, -0.15) is 5.10 Å². The third kappa shape index (κ3) is 3.18. The highest BCUT2D eigenvalue weighted by atomic mass is 15.3. The number of hydrogen-bond donors (Lipinski definition) is 1. The van der Waals surface area contributed by atoms with Crippen LogP contribution < -0.4 is 5.32 Å². The number of nitrogens with one attached hydrogen (secondary N) is 1. The third-order valence-corrected chi connectivity index (χ3v) is 4.20. The highest BCUT2D eigenvalue weighted by Crippen LogP contribution is 2.26. The summed E-state index contributed by atoms with van der Waals surface area (Å²) in [4.78, 5) is 7.21. The second-order valence-electron chi connectivity index (χ2n) is 6.20. The predicted octanol–water partition coefficient (Wildman–Crippen LogP) is 2.75. The number of hydrogen-bond acceptors (Lipinski definition) is 4. The Hall–Kier alpha value is -1.62. The van der Waals surface area contributed by atoms with Crippen LogP contribution >= 0.6 is 0 Å². The van der Waals surface area contributed by atoms with Crippen LogP contribution in [0.5, 0.6) is 0 Å². The summed E-state index contributed by atoms with van der Waals surface area (Å²) in [5.74, 6) is 1.52. The first-order chi connectivity index (χ1) is 10.2. The van der Waals surface area contributed by atoms with E-state index in [9.17, 15) is 0 Å². The smallest absolute Gasteiger partial charge is 0.155 e. The van der Waals surface area contributed by atoms with Gasteiger partial charge in [-0.25, -0.2) is 9.50 Å². The van der Waals surface area contributed by atoms with Gasteiger partial charge < -0.3 is 10.2 Å². The van der Waals surface area contributed by atoms with Crippen LogP contribution in [0.4, 0.5) is 5.69 Å². The van der Waals surface area contributed by atoms with Gasteiger partial charge in [-0.05, 0) is 58.5 Å².